The van der Waals surface area contributed by atoms with Gasteiger partial charge in [0.05, 0.1) is 0 Å². The molecule has 1 aliphatic carbocycles. The molecule has 124 valence electrons. The molecule has 1 N–H and O–H groups in total. The highest BCUT2D eigenvalue weighted by Gasteiger charge is 2.24. The van der Waals surface area contributed by atoms with E-state index in [1.165, 1.54) is 77.8 Å². The quantitative estimate of drug-likeness (QED) is 0.729. The fraction of sp³-hybridized carbons (Fsp3) is 1.00. The van der Waals surface area contributed by atoms with Crippen LogP contribution in [0.1, 0.15) is 52.4 Å². The van der Waals surface area contributed by atoms with Crippen molar-refractivity contribution >= 4 is 0 Å². The molecule has 1 heterocycles. The number of piperazine rings is 1. The minimum absolute atomic E-state index is 0.713. The zero-order valence-electron chi connectivity index (χ0n) is 14.6. The monoisotopic (exact) mass is 295 g/mol. The van der Waals surface area contributed by atoms with Gasteiger partial charge in [0.1, 0.15) is 0 Å². The second kappa shape index (κ2) is 9.12. The highest BCUT2D eigenvalue weighted by Crippen LogP contribution is 2.25. The van der Waals surface area contributed by atoms with Crippen molar-refractivity contribution in [3.8, 4) is 0 Å². The predicted octanol–water partition coefficient (Wildman–Crippen LogP) is 2.82. The van der Waals surface area contributed by atoms with Gasteiger partial charge in [-0.05, 0) is 31.8 Å². The maximum absolute atomic E-state index is 3.77. The first-order valence-electron chi connectivity index (χ1n) is 9.30. The summed E-state index contributed by atoms with van der Waals surface area (Å²) in [4.78, 5) is 5.16. The summed E-state index contributed by atoms with van der Waals surface area (Å²) in [6, 6.07) is 0.713. The standard InChI is InChI=1S/C18H37N3/c1-16(2)18(21-13-11-20(3)12-14-21)15-19-10-9-17-7-5-4-6-8-17/h16-19H,4-15H2,1-3H3. The molecule has 0 radical (unpaired) electrons. The third-order valence-corrected chi connectivity index (χ3v) is 5.58. The molecular weight excluding hydrogens is 258 g/mol. The largest absolute Gasteiger partial charge is 0.315 e. The zero-order chi connectivity index (χ0) is 15.1. The van der Waals surface area contributed by atoms with Crippen LogP contribution in [0.2, 0.25) is 0 Å². The molecule has 1 saturated carbocycles. The first-order chi connectivity index (χ1) is 10.2. The van der Waals surface area contributed by atoms with Gasteiger partial charge in [0.15, 0.2) is 0 Å². The zero-order valence-corrected chi connectivity index (χ0v) is 14.6. The van der Waals surface area contributed by atoms with Gasteiger partial charge in [-0.3, -0.25) is 4.90 Å². The molecule has 1 unspecified atom stereocenters. The Morgan fingerprint density at radius 2 is 1.67 bits per heavy atom. The number of rotatable bonds is 7. The lowest BCUT2D eigenvalue weighted by Crippen LogP contribution is -2.53. The number of likely N-dealkylation sites (N-methyl/N-ethyl adjacent to an activating group) is 1. The minimum Gasteiger partial charge on any atom is -0.315 e. The van der Waals surface area contributed by atoms with E-state index in [0.717, 1.165) is 11.8 Å². The molecule has 3 heteroatoms. The van der Waals surface area contributed by atoms with E-state index in [1.54, 1.807) is 0 Å². The molecule has 1 atom stereocenters. The number of hydrogen-bond donors (Lipinski definition) is 1. The van der Waals surface area contributed by atoms with Crippen molar-refractivity contribution in [1.82, 2.24) is 15.1 Å². The van der Waals surface area contributed by atoms with Crippen LogP contribution in [0.25, 0.3) is 0 Å². The summed E-state index contributed by atoms with van der Waals surface area (Å²) >= 11 is 0. The fourth-order valence-corrected chi connectivity index (χ4v) is 3.97. The van der Waals surface area contributed by atoms with E-state index in [-0.39, 0.29) is 0 Å². The van der Waals surface area contributed by atoms with E-state index in [0.29, 0.717) is 6.04 Å². The van der Waals surface area contributed by atoms with E-state index in [9.17, 15) is 0 Å². The molecular formula is C18H37N3. The molecule has 2 rings (SSSR count). The smallest absolute Gasteiger partial charge is 0.0244 e. The van der Waals surface area contributed by atoms with Crippen LogP contribution < -0.4 is 5.32 Å². The molecule has 0 aromatic carbocycles. The molecule has 3 nitrogen and oxygen atoms in total. The van der Waals surface area contributed by atoms with Crippen molar-refractivity contribution in [1.29, 1.82) is 0 Å². The summed E-state index contributed by atoms with van der Waals surface area (Å²) in [6.45, 7) is 12.1. The van der Waals surface area contributed by atoms with Gasteiger partial charge in [0.25, 0.3) is 0 Å². The Labute approximate surface area is 132 Å². The average molecular weight is 296 g/mol. The Balaban J connectivity index is 1.65. The van der Waals surface area contributed by atoms with Gasteiger partial charge in [-0.15, -0.1) is 0 Å². The van der Waals surface area contributed by atoms with E-state index in [4.69, 9.17) is 0 Å². The Kier molecular flexibility index (Phi) is 7.48. The minimum atomic E-state index is 0.713. The van der Waals surface area contributed by atoms with Crippen molar-refractivity contribution in [3.63, 3.8) is 0 Å². The number of nitrogens with one attached hydrogen (secondary N) is 1. The summed E-state index contributed by atoms with van der Waals surface area (Å²) in [5, 5.41) is 3.77. The van der Waals surface area contributed by atoms with E-state index in [1.807, 2.05) is 0 Å². The van der Waals surface area contributed by atoms with Gasteiger partial charge in [0.2, 0.25) is 0 Å². The van der Waals surface area contributed by atoms with E-state index >= 15 is 0 Å². The van der Waals surface area contributed by atoms with Crippen LogP contribution >= 0.6 is 0 Å². The molecule has 1 aliphatic heterocycles. The van der Waals surface area contributed by atoms with Gasteiger partial charge < -0.3 is 10.2 Å². The molecule has 2 fully saturated rings. The van der Waals surface area contributed by atoms with Crippen LogP contribution in [0.3, 0.4) is 0 Å². The SMILES string of the molecule is CC(C)C(CNCCC1CCCCC1)N1CCN(C)CC1. The van der Waals surface area contributed by atoms with Crippen LogP contribution in [-0.4, -0.2) is 62.2 Å². The topological polar surface area (TPSA) is 18.5 Å². The molecule has 0 aromatic heterocycles. The summed E-state index contributed by atoms with van der Waals surface area (Å²) in [7, 11) is 2.24. The summed E-state index contributed by atoms with van der Waals surface area (Å²) in [6.07, 6.45) is 8.78. The molecule has 1 saturated heterocycles. The normalized spacial score (nSPS) is 24.6. The summed E-state index contributed by atoms with van der Waals surface area (Å²) in [5.74, 6) is 1.75. The van der Waals surface area contributed by atoms with Crippen molar-refractivity contribution < 1.29 is 0 Å². The van der Waals surface area contributed by atoms with Crippen molar-refractivity contribution in [3.05, 3.63) is 0 Å². The molecule has 2 aliphatic rings. The first-order valence-corrected chi connectivity index (χ1v) is 9.30. The van der Waals surface area contributed by atoms with Crippen molar-refractivity contribution in [2.75, 3.05) is 46.3 Å². The van der Waals surface area contributed by atoms with Crippen LogP contribution in [0.4, 0.5) is 0 Å². The first kappa shape index (κ1) is 17.2. The third kappa shape index (κ3) is 5.88. The van der Waals surface area contributed by atoms with Crippen LogP contribution in [0, 0.1) is 11.8 Å². The van der Waals surface area contributed by atoms with Gasteiger partial charge >= 0.3 is 0 Å². The molecule has 0 bridgehead atoms. The second-order valence-electron chi connectivity index (χ2n) is 7.65. The van der Waals surface area contributed by atoms with Gasteiger partial charge in [-0.2, -0.15) is 0 Å². The number of hydrogen-bond acceptors (Lipinski definition) is 3. The Morgan fingerprint density at radius 1 is 1.00 bits per heavy atom. The van der Waals surface area contributed by atoms with E-state index in [2.05, 4.69) is 36.0 Å². The van der Waals surface area contributed by atoms with Gasteiger partial charge in [0, 0.05) is 38.8 Å². The third-order valence-electron chi connectivity index (χ3n) is 5.58. The lowest BCUT2D eigenvalue weighted by molar-refractivity contribution is 0.0874. The van der Waals surface area contributed by atoms with E-state index < -0.39 is 0 Å². The predicted molar refractivity (Wildman–Crippen MR) is 91.8 cm³/mol. The van der Waals surface area contributed by atoms with Crippen LogP contribution in [0.15, 0.2) is 0 Å². The van der Waals surface area contributed by atoms with Crippen molar-refractivity contribution in [2.45, 2.75) is 58.4 Å². The molecule has 21 heavy (non-hydrogen) atoms. The average Bonchev–Trinajstić information content (AvgIpc) is 2.49. The van der Waals surface area contributed by atoms with Crippen LogP contribution in [-0.2, 0) is 0 Å². The lowest BCUT2D eigenvalue weighted by Gasteiger charge is -2.40. The fourth-order valence-electron chi connectivity index (χ4n) is 3.97. The second-order valence-corrected chi connectivity index (χ2v) is 7.65. The lowest BCUT2D eigenvalue weighted by atomic mass is 9.87. The maximum atomic E-state index is 3.77. The van der Waals surface area contributed by atoms with Crippen LogP contribution in [0.5, 0.6) is 0 Å². The Bertz CT molecular complexity index is 266. The molecule has 0 aromatic rings. The van der Waals surface area contributed by atoms with Crippen molar-refractivity contribution in [2.24, 2.45) is 11.8 Å². The summed E-state index contributed by atoms with van der Waals surface area (Å²) < 4.78 is 0. The maximum Gasteiger partial charge on any atom is 0.0244 e. The van der Waals surface area contributed by atoms with Gasteiger partial charge in [-0.25, -0.2) is 0 Å². The number of nitrogens with zero attached hydrogens (tertiary/aromatic N) is 2. The Hall–Kier alpha value is -0.120. The molecule has 0 amide bonds. The molecule has 0 spiro atoms. The summed E-state index contributed by atoms with van der Waals surface area (Å²) in [5.41, 5.74) is 0. The van der Waals surface area contributed by atoms with Gasteiger partial charge in [-0.1, -0.05) is 46.0 Å². The highest BCUT2D eigenvalue weighted by molar-refractivity contribution is 4.81. The highest BCUT2D eigenvalue weighted by atomic mass is 15.3. The Morgan fingerprint density at radius 3 is 2.29 bits per heavy atom.